The average molecular weight is 194 g/mol. The Labute approximate surface area is 81.2 Å². The predicted octanol–water partition coefficient (Wildman–Crippen LogP) is 1.07. The number of aryl methyl sites for hydroxylation is 1. The monoisotopic (exact) mass is 194 g/mol. The lowest BCUT2D eigenvalue weighted by Gasteiger charge is -1.95. The number of hydrogen-bond acceptors (Lipinski definition) is 3. The Balaban J connectivity index is 2.62. The molecule has 0 atom stereocenters. The molecule has 0 radical (unpaired) electrons. The lowest BCUT2D eigenvalue weighted by atomic mass is 10.5. The fraction of sp³-hybridized carbons (Fsp3) is 0.333. The molecule has 0 saturated heterocycles. The maximum absolute atomic E-state index is 11.3. The fourth-order valence-corrected chi connectivity index (χ4v) is 1.57. The minimum Gasteiger partial charge on any atom is -0.340 e. The van der Waals surface area contributed by atoms with Gasteiger partial charge in [0.25, 0.3) is 5.91 Å². The summed E-state index contributed by atoms with van der Waals surface area (Å²) in [6.07, 6.45) is 7.44. The highest BCUT2D eigenvalue weighted by Crippen LogP contribution is 2.12. The highest BCUT2D eigenvalue weighted by atomic mass is 32.1. The summed E-state index contributed by atoms with van der Waals surface area (Å²) < 4.78 is 0. The molecule has 3 nitrogen and oxygen atoms in total. The van der Waals surface area contributed by atoms with Gasteiger partial charge >= 0.3 is 0 Å². The van der Waals surface area contributed by atoms with E-state index in [0.717, 1.165) is 11.4 Å². The van der Waals surface area contributed by atoms with Crippen LogP contribution in [0.25, 0.3) is 0 Å². The number of amides is 1. The first-order chi connectivity index (χ1) is 6.27. The zero-order valence-corrected chi connectivity index (χ0v) is 8.15. The standard InChI is InChI=1S/C9H10N2OS/c1-3-5-10-9(12)7-6-11-8(4-2)13-7/h1,6H,4-5H2,2H3,(H,10,12). The molecule has 13 heavy (non-hydrogen) atoms. The van der Waals surface area contributed by atoms with Gasteiger partial charge < -0.3 is 5.32 Å². The first-order valence-electron chi connectivity index (χ1n) is 3.94. The Morgan fingerprint density at radius 3 is 3.15 bits per heavy atom. The third kappa shape index (κ3) is 2.56. The van der Waals surface area contributed by atoms with E-state index in [2.05, 4.69) is 16.2 Å². The summed E-state index contributed by atoms with van der Waals surface area (Å²) in [5.41, 5.74) is 0. The number of terminal acetylenes is 1. The lowest BCUT2D eigenvalue weighted by molar-refractivity contribution is 0.0962. The van der Waals surface area contributed by atoms with Gasteiger partial charge in [0, 0.05) is 0 Å². The molecule has 0 fully saturated rings. The third-order valence-corrected chi connectivity index (χ3v) is 2.57. The molecular formula is C9H10N2OS. The third-order valence-electron chi connectivity index (χ3n) is 1.43. The van der Waals surface area contributed by atoms with Crippen LogP contribution in [0.2, 0.25) is 0 Å². The predicted molar refractivity (Wildman–Crippen MR) is 52.7 cm³/mol. The van der Waals surface area contributed by atoms with Gasteiger partial charge in [-0.05, 0) is 6.42 Å². The van der Waals surface area contributed by atoms with Gasteiger partial charge in [-0.15, -0.1) is 17.8 Å². The summed E-state index contributed by atoms with van der Waals surface area (Å²) >= 11 is 1.40. The van der Waals surface area contributed by atoms with Crippen LogP contribution in [-0.2, 0) is 6.42 Å². The molecule has 0 aliphatic heterocycles. The van der Waals surface area contributed by atoms with E-state index in [9.17, 15) is 4.79 Å². The molecule has 0 aliphatic carbocycles. The van der Waals surface area contributed by atoms with Gasteiger partial charge in [-0.1, -0.05) is 12.8 Å². The van der Waals surface area contributed by atoms with Crippen LogP contribution < -0.4 is 5.32 Å². The maximum Gasteiger partial charge on any atom is 0.263 e. The molecule has 0 aromatic carbocycles. The average Bonchev–Trinajstić information content (AvgIpc) is 2.62. The second-order valence-corrected chi connectivity index (χ2v) is 3.47. The molecule has 1 rings (SSSR count). The van der Waals surface area contributed by atoms with E-state index in [-0.39, 0.29) is 12.5 Å². The van der Waals surface area contributed by atoms with Crippen LogP contribution in [0, 0.1) is 12.3 Å². The Kier molecular flexibility index (Phi) is 3.47. The van der Waals surface area contributed by atoms with E-state index in [1.54, 1.807) is 6.20 Å². The van der Waals surface area contributed by atoms with Crippen molar-refractivity contribution in [1.29, 1.82) is 0 Å². The first kappa shape index (κ1) is 9.75. The van der Waals surface area contributed by atoms with Crippen molar-refractivity contribution >= 4 is 17.2 Å². The van der Waals surface area contributed by atoms with Crippen LogP contribution in [0.5, 0.6) is 0 Å². The second kappa shape index (κ2) is 4.63. The van der Waals surface area contributed by atoms with Gasteiger partial charge in [0.15, 0.2) is 0 Å². The molecule has 1 aromatic rings. The van der Waals surface area contributed by atoms with Crippen LogP contribution in [0.1, 0.15) is 21.6 Å². The zero-order valence-electron chi connectivity index (χ0n) is 7.33. The molecule has 1 amide bonds. The Morgan fingerprint density at radius 2 is 2.62 bits per heavy atom. The molecule has 0 unspecified atom stereocenters. The summed E-state index contributed by atoms with van der Waals surface area (Å²) in [4.78, 5) is 16.0. The van der Waals surface area contributed by atoms with Crippen molar-refractivity contribution in [3.05, 3.63) is 16.1 Å². The van der Waals surface area contributed by atoms with E-state index in [1.807, 2.05) is 6.92 Å². The Morgan fingerprint density at radius 1 is 1.85 bits per heavy atom. The van der Waals surface area contributed by atoms with E-state index in [0.29, 0.717) is 4.88 Å². The van der Waals surface area contributed by atoms with Crippen LogP contribution >= 0.6 is 11.3 Å². The van der Waals surface area contributed by atoms with E-state index < -0.39 is 0 Å². The second-order valence-electron chi connectivity index (χ2n) is 2.36. The van der Waals surface area contributed by atoms with Crippen molar-refractivity contribution in [2.24, 2.45) is 0 Å². The van der Waals surface area contributed by atoms with Crippen LogP contribution in [0.3, 0.4) is 0 Å². The SMILES string of the molecule is C#CCNC(=O)c1cnc(CC)s1. The van der Waals surface area contributed by atoms with Crippen molar-refractivity contribution in [1.82, 2.24) is 10.3 Å². The summed E-state index contributed by atoms with van der Waals surface area (Å²) in [5.74, 6) is 2.20. The molecule has 0 aliphatic rings. The zero-order chi connectivity index (χ0) is 9.68. The normalized spacial score (nSPS) is 9.23. The molecule has 1 N–H and O–H groups in total. The smallest absolute Gasteiger partial charge is 0.263 e. The van der Waals surface area contributed by atoms with Crippen molar-refractivity contribution in [3.63, 3.8) is 0 Å². The fourth-order valence-electron chi connectivity index (χ4n) is 0.797. The number of rotatable bonds is 3. The molecular weight excluding hydrogens is 184 g/mol. The number of carbonyl (C=O) groups is 1. The number of hydrogen-bond donors (Lipinski definition) is 1. The Hall–Kier alpha value is -1.34. The number of carbonyl (C=O) groups excluding carboxylic acids is 1. The van der Waals surface area contributed by atoms with Gasteiger partial charge in [0.2, 0.25) is 0 Å². The Bertz CT molecular complexity index is 338. The maximum atomic E-state index is 11.3. The molecule has 1 heterocycles. The first-order valence-corrected chi connectivity index (χ1v) is 4.76. The minimum absolute atomic E-state index is 0.143. The highest BCUT2D eigenvalue weighted by Gasteiger charge is 2.07. The quantitative estimate of drug-likeness (QED) is 0.731. The molecule has 0 saturated carbocycles. The van der Waals surface area contributed by atoms with Gasteiger partial charge in [-0.3, -0.25) is 4.79 Å². The summed E-state index contributed by atoms with van der Waals surface area (Å²) in [6.45, 7) is 2.26. The molecule has 0 spiro atoms. The number of aromatic nitrogens is 1. The number of nitrogens with zero attached hydrogens (tertiary/aromatic N) is 1. The van der Waals surface area contributed by atoms with Gasteiger partial charge in [-0.25, -0.2) is 4.98 Å². The van der Waals surface area contributed by atoms with Crippen LogP contribution in [-0.4, -0.2) is 17.4 Å². The van der Waals surface area contributed by atoms with Crippen molar-refractivity contribution < 1.29 is 4.79 Å². The van der Waals surface area contributed by atoms with Crippen molar-refractivity contribution in [2.45, 2.75) is 13.3 Å². The summed E-state index contributed by atoms with van der Waals surface area (Å²) in [7, 11) is 0. The topological polar surface area (TPSA) is 42.0 Å². The highest BCUT2D eigenvalue weighted by molar-refractivity contribution is 7.13. The van der Waals surface area contributed by atoms with E-state index >= 15 is 0 Å². The molecule has 0 bridgehead atoms. The van der Waals surface area contributed by atoms with Crippen molar-refractivity contribution in [2.75, 3.05) is 6.54 Å². The summed E-state index contributed by atoms with van der Waals surface area (Å²) in [5, 5.41) is 3.55. The largest absolute Gasteiger partial charge is 0.340 e. The van der Waals surface area contributed by atoms with E-state index in [4.69, 9.17) is 6.42 Å². The summed E-state index contributed by atoms with van der Waals surface area (Å²) in [6, 6.07) is 0. The van der Waals surface area contributed by atoms with Crippen molar-refractivity contribution in [3.8, 4) is 12.3 Å². The van der Waals surface area contributed by atoms with E-state index in [1.165, 1.54) is 11.3 Å². The van der Waals surface area contributed by atoms with Crippen LogP contribution in [0.4, 0.5) is 0 Å². The van der Waals surface area contributed by atoms with Gasteiger partial charge in [-0.2, -0.15) is 0 Å². The number of nitrogens with one attached hydrogen (secondary N) is 1. The molecule has 4 heteroatoms. The van der Waals surface area contributed by atoms with Crippen LogP contribution in [0.15, 0.2) is 6.20 Å². The number of thiazole rings is 1. The van der Waals surface area contributed by atoms with Gasteiger partial charge in [0.05, 0.1) is 17.7 Å². The minimum atomic E-state index is -0.143. The lowest BCUT2D eigenvalue weighted by Crippen LogP contribution is -2.22. The molecule has 68 valence electrons. The molecule has 1 aromatic heterocycles. The van der Waals surface area contributed by atoms with Gasteiger partial charge in [0.1, 0.15) is 4.88 Å².